The van der Waals surface area contributed by atoms with E-state index in [1.165, 1.54) is 12.3 Å². The lowest BCUT2D eigenvalue weighted by Crippen LogP contribution is -2.13. The number of rotatable bonds is 3. The smallest absolute Gasteiger partial charge is 0.139 e. The van der Waals surface area contributed by atoms with Crippen molar-refractivity contribution in [3.63, 3.8) is 0 Å². The van der Waals surface area contributed by atoms with E-state index in [-0.39, 0.29) is 5.82 Å². The van der Waals surface area contributed by atoms with Gasteiger partial charge < -0.3 is 4.90 Å². The van der Waals surface area contributed by atoms with Crippen LogP contribution in [-0.2, 0) is 6.54 Å². The van der Waals surface area contributed by atoms with Crippen LogP contribution >= 0.6 is 0 Å². The summed E-state index contributed by atoms with van der Waals surface area (Å²) in [5.41, 5.74) is 3.48. The van der Waals surface area contributed by atoms with Crippen molar-refractivity contribution < 1.29 is 4.39 Å². The highest BCUT2D eigenvalue weighted by Gasteiger charge is 2.15. The Morgan fingerprint density at radius 2 is 2.10 bits per heavy atom. The third-order valence-electron chi connectivity index (χ3n) is 3.08. The number of hydrogen-bond donors (Lipinski definition) is 0. The normalized spacial score (nSPS) is 11.4. The maximum atomic E-state index is 13.5. The number of aromatic nitrogens is 3. The second-order valence-electron chi connectivity index (χ2n) is 4.96. The molecule has 4 nitrogen and oxygen atoms in total. The molecule has 0 radical (unpaired) electrons. The van der Waals surface area contributed by atoms with Crippen LogP contribution < -0.4 is 0 Å². The van der Waals surface area contributed by atoms with Crippen LogP contribution in [0.5, 0.6) is 0 Å². The molecule has 3 heterocycles. The highest BCUT2D eigenvalue weighted by molar-refractivity contribution is 5.65. The Kier molecular flexibility index (Phi) is 3.20. The van der Waals surface area contributed by atoms with Gasteiger partial charge in [-0.1, -0.05) is 0 Å². The van der Waals surface area contributed by atoms with E-state index in [1.807, 2.05) is 31.1 Å². The lowest BCUT2D eigenvalue weighted by atomic mass is 10.1. The molecule has 0 fully saturated rings. The van der Waals surface area contributed by atoms with Gasteiger partial charge in [-0.25, -0.2) is 9.37 Å². The summed E-state index contributed by atoms with van der Waals surface area (Å²) in [5, 5.41) is 0. The first-order valence-electron chi connectivity index (χ1n) is 6.37. The van der Waals surface area contributed by atoms with Crippen LogP contribution in [0.15, 0.2) is 42.9 Å². The molecule has 0 saturated heterocycles. The quantitative estimate of drug-likeness (QED) is 0.733. The number of nitrogens with zero attached hydrogens (tertiary/aromatic N) is 4. The summed E-state index contributed by atoms with van der Waals surface area (Å²) in [6.45, 7) is 0.675. The van der Waals surface area contributed by atoms with Crippen molar-refractivity contribution in [2.45, 2.75) is 6.54 Å². The SMILES string of the molecule is CN(C)Cc1c(-c2cccnc2)nc2ccc(F)cn12. The van der Waals surface area contributed by atoms with Gasteiger partial charge in [0.05, 0.1) is 11.4 Å². The Hall–Kier alpha value is -2.27. The van der Waals surface area contributed by atoms with Crippen LogP contribution in [0, 0.1) is 5.82 Å². The number of fused-ring (bicyclic) bond motifs is 1. The summed E-state index contributed by atoms with van der Waals surface area (Å²) >= 11 is 0. The average Bonchev–Trinajstić information content (AvgIpc) is 2.77. The molecular weight excluding hydrogens is 255 g/mol. The van der Waals surface area contributed by atoms with E-state index in [9.17, 15) is 4.39 Å². The van der Waals surface area contributed by atoms with E-state index in [1.54, 1.807) is 22.9 Å². The third-order valence-corrected chi connectivity index (χ3v) is 3.08. The summed E-state index contributed by atoms with van der Waals surface area (Å²) < 4.78 is 15.3. The molecule has 0 bridgehead atoms. The number of pyridine rings is 2. The molecule has 0 spiro atoms. The molecule has 3 aromatic heterocycles. The van der Waals surface area contributed by atoms with Gasteiger partial charge in [0.1, 0.15) is 11.5 Å². The van der Waals surface area contributed by atoms with Gasteiger partial charge in [0, 0.05) is 30.7 Å². The second kappa shape index (κ2) is 5.02. The standard InChI is InChI=1S/C15H15FN4/c1-19(2)10-13-15(11-4-3-7-17-8-11)18-14-6-5-12(16)9-20(13)14/h3-9H,10H2,1-2H3. The minimum atomic E-state index is -0.271. The van der Waals surface area contributed by atoms with Gasteiger partial charge in [-0.3, -0.25) is 9.38 Å². The summed E-state index contributed by atoms with van der Waals surface area (Å²) in [7, 11) is 3.96. The van der Waals surface area contributed by atoms with E-state index >= 15 is 0 Å². The number of halogens is 1. The zero-order chi connectivity index (χ0) is 14.1. The molecule has 0 aliphatic rings. The highest BCUT2D eigenvalue weighted by Crippen LogP contribution is 2.24. The minimum Gasteiger partial charge on any atom is -0.304 e. The predicted molar refractivity (Wildman–Crippen MR) is 75.8 cm³/mol. The first kappa shape index (κ1) is 12.7. The largest absolute Gasteiger partial charge is 0.304 e. The summed E-state index contributed by atoms with van der Waals surface area (Å²) in [6.07, 6.45) is 4.98. The Balaban J connectivity index is 2.25. The zero-order valence-electron chi connectivity index (χ0n) is 11.4. The molecule has 5 heteroatoms. The van der Waals surface area contributed by atoms with Crippen LogP contribution in [0.25, 0.3) is 16.9 Å². The van der Waals surface area contributed by atoms with Crippen LogP contribution in [0.3, 0.4) is 0 Å². The monoisotopic (exact) mass is 270 g/mol. The lowest BCUT2D eigenvalue weighted by Gasteiger charge is -2.11. The van der Waals surface area contributed by atoms with Crippen molar-refractivity contribution in [1.29, 1.82) is 0 Å². The molecule has 0 saturated carbocycles. The van der Waals surface area contributed by atoms with E-state index in [2.05, 4.69) is 9.97 Å². The first-order valence-corrected chi connectivity index (χ1v) is 6.37. The molecule has 0 aliphatic heterocycles. The van der Waals surface area contributed by atoms with Gasteiger partial charge >= 0.3 is 0 Å². The Bertz CT molecular complexity index is 734. The van der Waals surface area contributed by atoms with Gasteiger partial charge in [-0.05, 0) is 38.4 Å². The van der Waals surface area contributed by atoms with E-state index in [4.69, 9.17) is 0 Å². The van der Waals surface area contributed by atoms with E-state index in [0.717, 1.165) is 22.6 Å². The first-order chi connectivity index (χ1) is 9.65. The molecular formula is C15H15FN4. The minimum absolute atomic E-state index is 0.271. The molecule has 0 unspecified atom stereocenters. The van der Waals surface area contributed by atoms with Crippen molar-refractivity contribution in [2.75, 3.05) is 14.1 Å². The zero-order valence-corrected chi connectivity index (χ0v) is 11.4. The predicted octanol–water partition coefficient (Wildman–Crippen LogP) is 2.60. The molecule has 0 aromatic carbocycles. The van der Waals surface area contributed by atoms with Gasteiger partial charge in [-0.15, -0.1) is 0 Å². The molecule has 0 aliphatic carbocycles. The molecule has 102 valence electrons. The molecule has 0 amide bonds. The molecule has 0 atom stereocenters. The maximum absolute atomic E-state index is 13.5. The van der Waals surface area contributed by atoms with Crippen molar-refractivity contribution in [3.05, 3.63) is 54.4 Å². The summed E-state index contributed by atoms with van der Waals surface area (Å²) in [4.78, 5) is 10.8. The van der Waals surface area contributed by atoms with Gasteiger partial charge in [0.2, 0.25) is 0 Å². The van der Waals surface area contributed by atoms with Crippen molar-refractivity contribution in [2.24, 2.45) is 0 Å². The van der Waals surface area contributed by atoms with Crippen molar-refractivity contribution in [3.8, 4) is 11.3 Å². The molecule has 3 aromatic rings. The molecule has 0 N–H and O–H groups in total. The van der Waals surface area contributed by atoms with Gasteiger partial charge in [-0.2, -0.15) is 0 Å². The van der Waals surface area contributed by atoms with E-state index < -0.39 is 0 Å². The van der Waals surface area contributed by atoms with Gasteiger partial charge in [0.25, 0.3) is 0 Å². The third kappa shape index (κ3) is 2.28. The van der Waals surface area contributed by atoms with Crippen LogP contribution in [0.1, 0.15) is 5.69 Å². The fourth-order valence-electron chi connectivity index (χ4n) is 2.25. The van der Waals surface area contributed by atoms with Gasteiger partial charge in [0.15, 0.2) is 0 Å². The number of imidazole rings is 1. The van der Waals surface area contributed by atoms with Crippen molar-refractivity contribution >= 4 is 5.65 Å². The van der Waals surface area contributed by atoms with Crippen LogP contribution in [0.4, 0.5) is 4.39 Å². The topological polar surface area (TPSA) is 33.4 Å². The number of hydrogen-bond acceptors (Lipinski definition) is 3. The molecule has 3 rings (SSSR count). The van der Waals surface area contributed by atoms with Crippen molar-refractivity contribution in [1.82, 2.24) is 19.3 Å². The Morgan fingerprint density at radius 3 is 2.80 bits per heavy atom. The fourth-order valence-corrected chi connectivity index (χ4v) is 2.25. The van der Waals surface area contributed by atoms with Crippen LogP contribution in [0.2, 0.25) is 0 Å². The fraction of sp³-hybridized carbons (Fsp3) is 0.200. The summed E-state index contributed by atoms with van der Waals surface area (Å²) in [6, 6.07) is 6.95. The highest BCUT2D eigenvalue weighted by atomic mass is 19.1. The Morgan fingerprint density at radius 1 is 1.25 bits per heavy atom. The summed E-state index contributed by atoms with van der Waals surface area (Å²) in [5.74, 6) is -0.271. The average molecular weight is 270 g/mol. The molecule has 20 heavy (non-hydrogen) atoms. The Labute approximate surface area is 116 Å². The second-order valence-corrected chi connectivity index (χ2v) is 4.96. The van der Waals surface area contributed by atoms with Crippen LogP contribution in [-0.4, -0.2) is 33.4 Å². The lowest BCUT2D eigenvalue weighted by molar-refractivity contribution is 0.396. The van der Waals surface area contributed by atoms with E-state index in [0.29, 0.717) is 6.54 Å². The maximum Gasteiger partial charge on any atom is 0.139 e.